The first-order valence-corrected chi connectivity index (χ1v) is 8.05. The van der Waals surface area contributed by atoms with E-state index in [0.717, 1.165) is 16.6 Å². The van der Waals surface area contributed by atoms with Crippen molar-refractivity contribution in [3.05, 3.63) is 38.3 Å². The van der Waals surface area contributed by atoms with Crippen LogP contribution in [-0.4, -0.2) is 22.0 Å². The van der Waals surface area contributed by atoms with E-state index in [-0.39, 0.29) is 15.4 Å². The van der Waals surface area contributed by atoms with Gasteiger partial charge in [0.25, 0.3) is 5.69 Å². The molecule has 0 spiro atoms. The number of nitro groups is 1. The van der Waals surface area contributed by atoms with Gasteiger partial charge < -0.3 is 5.32 Å². The maximum atomic E-state index is 11.0. The summed E-state index contributed by atoms with van der Waals surface area (Å²) in [7, 11) is 0. The molecule has 2 rings (SSSR count). The summed E-state index contributed by atoms with van der Waals surface area (Å²) < 4.78 is 1.15. The van der Waals surface area contributed by atoms with Crippen molar-refractivity contribution in [2.75, 3.05) is 12.3 Å². The Labute approximate surface area is 125 Å². The number of nitro benzene ring substituents is 1. The van der Waals surface area contributed by atoms with Gasteiger partial charge in [-0.2, -0.15) is 11.8 Å². The highest BCUT2D eigenvalue weighted by atomic mass is 79.9. The zero-order chi connectivity index (χ0) is 13.9. The quantitative estimate of drug-likeness (QED) is 0.653. The third-order valence-corrected chi connectivity index (χ3v) is 5.38. The maximum absolute atomic E-state index is 11.0. The van der Waals surface area contributed by atoms with Crippen molar-refractivity contribution < 1.29 is 4.92 Å². The maximum Gasteiger partial charge on any atom is 0.273 e. The fourth-order valence-electron chi connectivity index (χ4n) is 2.31. The zero-order valence-corrected chi connectivity index (χ0v) is 13.2. The highest BCUT2D eigenvalue weighted by Crippen LogP contribution is 2.37. The Hall–Kier alpha value is -0.590. The van der Waals surface area contributed by atoms with E-state index in [0.29, 0.717) is 6.54 Å². The minimum absolute atomic E-state index is 0.180. The van der Waals surface area contributed by atoms with E-state index < -0.39 is 0 Å². The summed E-state index contributed by atoms with van der Waals surface area (Å²) in [5, 5.41) is 14.3. The van der Waals surface area contributed by atoms with Gasteiger partial charge in [-0.3, -0.25) is 10.1 Å². The minimum Gasteiger partial charge on any atom is -0.311 e. The topological polar surface area (TPSA) is 55.2 Å². The molecule has 0 saturated carbocycles. The summed E-state index contributed by atoms with van der Waals surface area (Å²) in [6.45, 7) is 3.68. The Bertz CT molecular complexity index is 476. The second-order valence-corrected chi connectivity index (χ2v) is 7.63. The first-order chi connectivity index (χ1) is 9.00. The summed E-state index contributed by atoms with van der Waals surface area (Å²) in [5.41, 5.74) is 0.908. The van der Waals surface area contributed by atoms with Crippen LogP contribution >= 0.6 is 27.7 Å². The molecule has 1 saturated heterocycles. The number of hydrogen-bond acceptors (Lipinski definition) is 4. The van der Waals surface area contributed by atoms with Crippen LogP contribution in [0.2, 0.25) is 0 Å². The molecule has 6 heteroatoms. The Balaban J connectivity index is 1.98. The third-order valence-electron chi connectivity index (χ3n) is 3.35. The van der Waals surface area contributed by atoms with E-state index in [1.165, 1.54) is 18.6 Å². The molecule has 1 aliphatic rings. The van der Waals surface area contributed by atoms with Crippen molar-refractivity contribution in [2.24, 2.45) is 0 Å². The molecule has 0 amide bonds. The summed E-state index contributed by atoms with van der Waals surface area (Å²) >= 11 is 5.35. The van der Waals surface area contributed by atoms with Gasteiger partial charge in [0.05, 0.1) is 4.92 Å². The van der Waals surface area contributed by atoms with Gasteiger partial charge in [0.2, 0.25) is 0 Å². The van der Waals surface area contributed by atoms with Crippen LogP contribution in [0.4, 0.5) is 5.69 Å². The van der Waals surface area contributed by atoms with Crippen molar-refractivity contribution in [3.8, 4) is 0 Å². The van der Waals surface area contributed by atoms with Crippen LogP contribution < -0.4 is 5.32 Å². The first-order valence-electron chi connectivity index (χ1n) is 6.28. The van der Waals surface area contributed by atoms with Crippen LogP contribution in [0.25, 0.3) is 0 Å². The summed E-state index contributed by atoms with van der Waals surface area (Å²) in [6.07, 6.45) is 2.48. The molecule has 1 aromatic carbocycles. The number of nitrogens with zero attached hydrogens (tertiary/aromatic N) is 1. The fraction of sp³-hybridized carbons (Fsp3) is 0.538. The number of hydrogen-bond donors (Lipinski definition) is 1. The Morgan fingerprint density at radius 3 is 3.00 bits per heavy atom. The standard InChI is InChI=1S/C13H17BrN2O2S/c1-13(5-2-6-19-13)9-15-8-10-7-11(14)3-4-12(10)16(17)18/h3-4,7,15H,2,5-6,8-9H2,1H3. The van der Waals surface area contributed by atoms with Crippen molar-refractivity contribution in [2.45, 2.75) is 31.1 Å². The number of benzene rings is 1. The summed E-state index contributed by atoms with van der Waals surface area (Å²) in [6, 6.07) is 5.07. The molecule has 0 radical (unpaired) electrons. The molecular weight excluding hydrogens is 328 g/mol. The molecule has 1 aliphatic heterocycles. The molecule has 1 fully saturated rings. The number of thioether (sulfide) groups is 1. The van der Waals surface area contributed by atoms with Crippen LogP contribution in [-0.2, 0) is 6.54 Å². The second-order valence-electron chi connectivity index (χ2n) is 5.04. The van der Waals surface area contributed by atoms with Crippen molar-refractivity contribution in [1.82, 2.24) is 5.32 Å². The fourth-order valence-corrected chi connectivity index (χ4v) is 3.99. The van der Waals surface area contributed by atoms with Crippen LogP contribution in [0.3, 0.4) is 0 Å². The van der Waals surface area contributed by atoms with Gasteiger partial charge in [0, 0.05) is 33.9 Å². The molecule has 19 heavy (non-hydrogen) atoms. The molecule has 0 aromatic heterocycles. The van der Waals surface area contributed by atoms with Gasteiger partial charge in [-0.05, 0) is 37.7 Å². The lowest BCUT2D eigenvalue weighted by atomic mass is 10.1. The molecule has 104 valence electrons. The van der Waals surface area contributed by atoms with Crippen molar-refractivity contribution in [1.29, 1.82) is 0 Å². The van der Waals surface area contributed by atoms with E-state index in [2.05, 4.69) is 28.2 Å². The van der Waals surface area contributed by atoms with E-state index in [4.69, 9.17) is 0 Å². The lowest BCUT2D eigenvalue weighted by Crippen LogP contribution is -2.32. The molecule has 1 unspecified atom stereocenters. The molecule has 4 nitrogen and oxygen atoms in total. The third kappa shape index (κ3) is 3.94. The van der Waals surface area contributed by atoms with Crippen molar-refractivity contribution >= 4 is 33.4 Å². The lowest BCUT2D eigenvalue weighted by Gasteiger charge is -2.23. The van der Waals surface area contributed by atoms with Gasteiger partial charge in [0.15, 0.2) is 0 Å². The average Bonchev–Trinajstić information content (AvgIpc) is 2.76. The Morgan fingerprint density at radius 1 is 1.58 bits per heavy atom. The monoisotopic (exact) mass is 344 g/mol. The smallest absolute Gasteiger partial charge is 0.273 e. The predicted molar refractivity (Wildman–Crippen MR) is 82.6 cm³/mol. The van der Waals surface area contributed by atoms with Gasteiger partial charge in [-0.15, -0.1) is 0 Å². The van der Waals surface area contributed by atoms with E-state index in [9.17, 15) is 10.1 Å². The molecule has 1 heterocycles. The first kappa shape index (κ1) is 14.8. The summed E-state index contributed by atoms with van der Waals surface area (Å²) in [5.74, 6) is 1.22. The zero-order valence-electron chi connectivity index (χ0n) is 10.8. The number of rotatable bonds is 5. The van der Waals surface area contributed by atoms with Gasteiger partial charge in [-0.1, -0.05) is 15.9 Å². The highest BCUT2D eigenvalue weighted by molar-refractivity contribution is 9.10. The molecule has 1 N–H and O–H groups in total. The Morgan fingerprint density at radius 2 is 2.37 bits per heavy atom. The summed E-state index contributed by atoms with van der Waals surface area (Å²) in [4.78, 5) is 10.6. The SMILES string of the molecule is CC1(CNCc2cc(Br)ccc2[N+](=O)[O-])CCCS1. The van der Waals surface area contributed by atoms with Gasteiger partial charge in [-0.25, -0.2) is 0 Å². The van der Waals surface area contributed by atoms with E-state index >= 15 is 0 Å². The number of nitrogens with one attached hydrogen (secondary N) is 1. The van der Waals surface area contributed by atoms with Gasteiger partial charge in [0.1, 0.15) is 0 Å². The molecule has 0 aliphatic carbocycles. The predicted octanol–water partition coefficient (Wildman–Crippen LogP) is 3.73. The van der Waals surface area contributed by atoms with Gasteiger partial charge >= 0.3 is 0 Å². The Kier molecular flexibility index (Phi) is 4.86. The van der Waals surface area contributed by atoms with E-state index in [1.54, 1.807) is 12.1 Å². The minimum atomic E-state index is -0.324. The molecular formula is C13H17BrN2O2S. The molecule has 1 atom stereocenters. The average molecular weight is 345 g/mol. The van der Waals surface area contributed by atoms with E-state index in [1.807, 2.05) is 17.8 Å². The number of halogens is 1. The van der Waals surface area contributed by atoms with Crippen molar-refractivity contribution in [3.63, 3.8) is 0 Å². The normalized spacial score (nSPS) is 22.6. The van der Waals surface area contributed by atoms with Crippen LogP contribution in [0.1, 0.15) is 25.3 Å². The van der Waals surface area contributed by atoms with Crippen LogP contribution in [0.15, 0.2) is 22.7 Å². The highest BCUT2D eigenvalue weighted by Gasteiger charge is 2.29. The molecule has 1 aromatic rings. The lowest BCUT2D eigenvalue weighted by molar-refractivity contribution is -0.385. The molecule has 0 bridgehead atoms. The second kappa shape index (κ2) is 6.24. The largest absolute Gasteiger partial charge is 0.311 e. The van der Waals surface area contributed by atoms with Crippen LogP contribution in [0, 0.1) is 10.1 Å². The van der Waals surface area contributed by atoms with Crippen LogP contribution in [0.5, 0.6) is 0 Å².